The molecule has 0 N–H and O–H groups in total. The standard InChI is InChI=1S/C18H17ClO/c19-18(15-9-8-12-5-3-6-13(12)10-15)17-11-14-4-1-2-7-16(14)20-17/h1-2,4,7-10,17-18H,3,5-6,11H2. The monoisotopic (exact) mass is 284 g/mol. The number of hydrogen-bond donors (Lipinski definition) is 0. The van der Waals surface area contributed by atoms with E-state index in [1.165, 1.54) is 41.5 Å². The minimum atomic E-state index is -0.0756. The van der Waals surface area contributed by atoms with Gasteiger partial charge in [0, 0.05) is 6.42 Å². The van der Waals surface area contributed by atoms with Crippen LogP contribution in [0.1, 0.15) is 34.1 Å². The zero-order chi connectivity index (χ0) is 13.5. The van der Waals surface area contributed by atoms with Crippen molar-refractivity contribution < 1.29 is 4.74 Å². The van der Waals surface area contributed by atoms with Gasteiger partial charge in [-0.2, -0.15) is 0 Å². The number of benzene rings is 2. The molecule has 0 aromatic heterocycles. The first-order valence-electron chi connectivity index (χ1n) is 7.31. The maximum absolute atomic E-state index is 6.68. The van der Waals surface area contributed by atoms with Crippen LogP contribution >= 0.6 is 11.6 Å². The summed E-state index contributed by atoms with van der Waals surface area (Å²) in [6.07, 6.45) is 4.64. The molecule has 1 nitrogen and oxygen atoms in total. The molecule has 2 aromatic carbocycles. The lowest BCUT2D eigenvalue weighted by Crippen LogP contribution is -2.19. The number of fused-ring (bicyclic) bond motifs is 2. The number of ether oxygens (including phenoxy) is 1. The van der Waals surface area contributed by atoms with Gasteiger partial charge in [-0.1, -0.05) is 36.4 Å². The molecular weight excluding hydrogens is 268 g/mol. The highest BCUT2D eigenvalue weighted by Gasteiger charge is 2.30. The van der Waals surface area contributed by atoms with E-state index in [-0.39, 0.29) is 11.5 Å². The smallest absolute Gasteiger partial charge is 0.123 e. The van der Waals surface area contributed by atoms with Crippen molar-refractivity contribution in [2.45, 2.75) is 37.2 Å². The highest BCUT2D eigenvalue weighted by atomic mass is 35.5. The van der Waals surface area contributed by atoms with Crippen LogP contribution in [0.3, 0.4) is 0 Å². The van der Waals surface area contributed by atoms with Crippen LogP contribution in [0, 0.1) is 0 Å². The van der Waals surface area contributed by atoms with E-state index in [1.807, 2.05) is 12.1 Å². The van der Waals surface area contributed by atoms with Crippen LogP contribution in [0.25, 0.3) is 0 Å². The molecule has 0 bridgehead atoms. The van der Waals surface area contributed by atoms with Gasteiger partial charge in [-0.3, -0.25) is 0 Å². The molecule has 0 fully saturated rings. The molecule has 0 amide bonds. The number of alkyl halides is 1. The molecule has 102 valence electrons. The van der Waals surface area contributed by atoms with Crippen LogP contribution in [0.4, 0.5) is 0 Å². The Hall–Kier alpha value is -1.47. The third-order valence-electron chi connectivity index (χ3n) is 4.44. The van der Waals surface area contributed by atoms with Gasteiger partial charge in [0.15, 0.2) is 0 Å². The Morgan fingerprint density at radius 3 is 2.75 bits per heavy atom. The summed E-state index contributed by atoms with van der Waals surface area (Å²) in [4.78, 5) is 0. The summed E-state index contributed by atoms with van der Waals surface area (Å²) in [6, 6.07) is 14.9. The summed E-state index contributed by atoms with van der Waals surface area (Å²) in [7, 11) is 0. The van der Waals surface area contributed by atoms with Crippen molar-refractivity contribution in [2.24, 2.45) is 0 Å². The minimum Gasteiger partial charge on any atom is -0.488 e. The third kappa shape index (κ3) is 2.01. The van der Waals surface area contributed by atoms with Crippen LogP contribution in [-0.2, 0) is 19.3 Å². The molecule has 2 unspecified atom stereocenters. The quantitative estimate of drug-likeness (QED) is 0.740. The first-order valence-corrected chi connectivity index (χ1v) is 7.75. The summed E-state index contributed by atoms with van der Waals surface area (Å²) in [5.74, 6) is 0.990. The molecule has 0 saturated heterocycles. The summed E-state index contributed by atoms with van der Waals surface area (Å²) in [5.41, 5.74) is 5.44. The van der Waals surface area contributed by atoms with Crippen molar-refractivity contribution in [3.63, 3.8) is 0 Å². The Bertz CT molecular complexity index is 625. The van der Waals surface area contributed by atoms with Gasteiger partial charge in [-0.25, -0.2) is 0 Å². The van der Waals surface area contributed by atoms with Crippen LogP contribution < -0.4 is 4.74 Å². The average Bonchev–Trinajstić information content (AvgIpc) is 3.11. The first-order chi connectivity index (χ1) is 9.81. The lowest BCUT2D eigenvalue weighted by Gasteiger charge is -2.18. The van der Waals surface area contributed by atoms with Crippen molar-refractivity contribution in [3.05, 3.63) is 64.7 Å². The van der Waals surface area contributed by atoms with Gasteiger partial charge in [-0.05, 0) is 47.6 Å². The van der Waals surface area contributed by atoms with Gasteiger partial charge in [0.25, 0.3) is 0 Å². The van der Waals surface area contributed by atoms with E-state index < -0.39 is 0 Å². The van der Waals surface area contributed by atoms with Crippen molar-refractivity contribution in [3.8, 4) is 5.75 Å². The summed E-state index contributed by atoms with van der Waals surface area (Å²) in [5, 5.41) is -0.0756. The maximum atomic E-state index is 6.68. The highest BCUT2D eigenvalue weighted by molar-refractivity contribution is 6.21. The topological polar surface area (TPSA) is 9.23 Å². The lowest BCUT2D eigenvalue weighted by molar-refractivity contribution is 0.227. The average molecular weight is 285 g/mol. The number of hydrogen-bond acceptors (Lipinski definition) is 1. The largest absolute Gasteiger partial charge is 0.488 e. The van der Waals surface area contributed by atoms with E-state index in [0.29, 0.717) is 0 Å². The van der Waals surface area contributed by atoms with E-state index in [2.05, 4.69) is 30.3 Å². The summed E-state index contributed by atoms with van der Waals surface area (Å²) < 4.78 is 6.01. The fourth-order valence-corrected chi connectivity index (χ4v) is 3.63. The second-order valence-corrected chi connectivity index (χ2v) is 6.22. The van der Waals surface area contributed by atoms with E-state index >= 15 is 0 Å². The van der Waals surface area contributed by atoms with Gasteiger partial charge in [0.05, 0.1) is 5.38 Å². The molecule has 2 heteroatoms. The van der Waals surface area contributed by atoms with E-state index in [9.17, 15) is 0 Å². The van der Waals surface area contributed by atoms with Gasteiger partial charge >= 0.3 is 0 Å². The molecule has 1 heterocycles. The fraction of sp³-hybridized carbons (Fsp3) is 0.333. The van der Waals surface area contributed by atoms with Crippen LogP contribution in [-0.4, -0.2) is 6.10 Å². The molecule has 0 radical (unpaired) electrons. The number of para-hydroxylation sites is 1. The fourth-order valence-electron chi connectivity index (χ4n) is 3.35. The molecule has 2 aliphatic rings. The Kier molecular flexibility index (Phi) is 2.96. The highest BCUT2D eigenvalue weighted by Crippen LogP contribution is 2.38. The number of halogens is 1. The van der Waals surface area contributed by atoms with E-state index in [1.54, 1.807) is 0 Å². The molecule has 2 atom stereocenters. The normalized spacial score (nSPS) is 21.1. The van der Waals surface area contributed by atoms with Crippen LogP contribution in [0.2, 0.25) is 0 Å². The molecule has 20 heavy (non-hydrogen) atoms. The summed E-state index contributed by atoms with van der Waals surface area (Å²) >= 11 is 6.68. The number of rotatable bonds is 2. The molecule has 1 aliphatic heterocycles. The van der Waals surface area contributed by atoms with Gasteiger partial charge in [0.1, 0.15) is 11.9 Å². The first kappa shape index (κ1) is 12.3. The molecular formula is C18H17ClO. The van der Waals surface area contributed by atoms with Crippen molar-refractivity contribution >= 4 is 11.6 Å². The Morgan fingerprint density at radius 1 is 1.00 bits per heavy atom. The van der Waals surface area contributed by atoms with Crippen LogP contribution in [0.15, 0.2) is 42.5 Å². The molecule has 4 rings (SSSR count). The van der Waals surface area contributed by atoms with Crippen molar-refractivity contribution in [1.29, 1.82) is 0 Å². The second-order valence-electron chi connectivity index (χ2n) is 5.75. The van der Waals surface area contributed by atoms with Crippen molar-refractivity contribution in [1.82, 2.24) is 0 Å². The van der Waals surface area contributed by atoms with Crippen LogP contribution in [0.5, 0.6) is 5.75 Å². The SMILES string of the molecule is ClC(c1ccc2c(c1)CCC2)C1Cc2ccccc2O1. The predicted molar refractivity (Wildman–Crippen MR) is 81.6 cm³/mol. The molecule has 1 aliphatic carbocycles. The Labute approximate surface area is 124 Å². The molecule has 2 aromatic rings. The van der Waals surface area contributed by atoms with Gasteiger partial charge in [-0.15, -0.1) is 11.6 Å². The zero-order valence-corrected chi connectivity index (χ0v) is 12.1. The van der Waals surface area contributed by atoms with E-state index in [4.69, 9.17) is 16.3 Å². The van der Waals surface area contributed by atoms with Gasteiger partial charge in [0.2, 0.25) is 0 Å². The number of aryl methyl sites for hydroxylation is 2. The van der Waals surface area contributed by atoms with Crippen molar-refractivity contribution in [2.75, 3.05) is 0 Å². The Balaban J connectivity index is 1.58. The third-order valence-corrected chi connectivity index (χ3v) is 4.97. The minimum absolute atomic E-state index is 0.0496. The summed E-state index contributed by atoms with van der Waals surface area (Å²) in [6.45, 7) is 0. The van der Waals surface area contributed by atoms with E-state index in [0.717, 1.165) is 12.2 Å². The predicted octanol–water partition coefficient (Wildman–Crippen LogP) is 4.46. The van der Waals surface area contributed by atoms with Gasteiger partial charge < -0.3 is 4.74 Å². The maximum Gasteiger partial charge on any atom is 0.123 e. The zero-order valence-electron chi connectivity index (χ0n) is 11.3. The second kappa shape index (κ2) is 4.82. The Morgan fingerprint density at radius 2 is 1.85 bits per heavy atom. The molecule has 0 spiro atoms. The molecule has 0 saturated carbocycles. The lowest BCUT2D eigenvalue weighted by atomic mass is 9.99.